The van der Waals surface area contributed by atoms with Crippen molar-refractivity contribution in [3.05, 3.63) is 40.5 Å². The average Bonchev–Trinajstić information content (AvgIpc) is 2.50. The smallest absolute Gasteiger partial charge is 0.0815 e. The van der Waals surface area contributed by atoms with Gasteiger partial charge in [0.05, 0.1) is 11.1 Å². The number of nitrogens with zero attached hydrogens (tertiary/aromatic N) is 1. The lowest BCUT2D eigenvalue weighted by atomic mass is 9.94. The fourth-order valence-corrected chi connectivity index (χ4v) is 3.15. The summed E-state index contributed by atoms with van der Waals surface area (Å²) >= 11 is 3.56. The van der Waals surface area contributed by atoms with E-state index in [2.05, 4.69) is 38.4 Å². The summed E-state index contributed by atoms with van der Waals surface area (Å²) in [5, 5.41) is 14.9. The van der Waals surface area contributed by atoms with E-state index in [9.17, 15) is 5.11 Å². The normalized spacial score (nSPS) is 18.0. The Labute approximate surface area is 132 Å². The van der Waals surface area contributed by atoms with Gasteiger partial charge in [-0.15, -0.1) is 0 Å². The molecule has 1 aliphatic rings. The Hall–Kier alpha value is -1.01. The van der Waals surface area contributed by atoms with Gasteiger partial charge < -0.3 is 15.2 Å². The van der Waals surface area contributed by atoms with Crippen LogP contribution in [0.2, 0.25) is 0 Å². The second-order valence-electron chi connectivity index (χ2n) is 5.55. The highest BCUT2D eigenvalue weighted by Gasteiger charge is 2.29. The van der Waals surface area contributed by atoms with Crippen LogP contribution in [0.5, 0.6) is 0 Å². The topological polar surface area (TPSA) is 54.4 Å². The van der Waals surface area contributed by atoms with E-state index in [0.29, 0.717) is 39.1 Å². The van der Waals surface area contributed by atoms with Crippen molar-refractivity contribution < 1.29 is 9.84 Å². The molecule has 1 aromatic carbocycles. The number of nitrogens with one attached hydrogen (secondary N) is 1. The maximum Gasteiger partial charge on any atom is 0.0815 e. The number of hydrogen-bond acceptors (Lipinski definition) is 4. The molecule has 5 heteroatoms. The zero-order chi connectivity index (χ0) is 14.7. The van der Waals surface area contributed by atoms with Gasteiger partial charge in [-0.1, -0.05) is 28.1 Å². The highest BCUT2D eigenvalue weighted by atomic mass is 79.9. The van der Waals surface area contributed by atoms with Crippen molar-refractivity contribution in [2.45, 2.75) is 25.0 Å². The zero-order valence-corrected chi connectivity index (χ0v) is 13.4. The van der Waals surface area contributed by atoms with Crippen LogP contribution in [0.15, 0.2) is 34.9 Å². The minimum Gasteiger partial charge on any atom is -0.388 e. The van der Waals surface area contributed by atoms with E-state index in [4.69, 9.17) is 4.74 Å². The summed E-state index contributed by atoms with van der Waals surface area (Å²) in [5.74, 6) is 0. The van der Waals surface area contributed by atoms with E-state index in [1.54, 1.807) is 0 Å². The first-order chi connectivity index (χ1) is 10.2. The van der Waals surface area contributed by atoms with E-state index in [1.807, 2.05) is 18.3 Å². The molecular weight excluding hydrogens is 332 g/mol. The molecule has 1 saturated heterocycles. The Morgan fingerprint density at radius 2 is 2.10 bits per heavy atom. The van der Waals surface area contributed by atoms with Crippen molar-refractivity contribution in [2.75, 3.05) is 19.8 Å². The van der Waals surface area contributed by atoms with Crippen molar-refractivity contribution in [3.63, 3.8) is 0 Å². The van der Waals surface area contributed by atoms with E-state index >= 15 is 0 Å². The van der Waals surface area contributed by atoms with E-state index in [-0.39, 0.29) is 0 Å². The largest absolute Gasteiger partial charge is 0.388 e. The molecule has 0 unspecified atom stereocenters. The molecule has 1 fully saturated rings. The molecular formula is C16H19BrN2O2. The first kappa shape index (κ1) is 14.9. The third kappa shape index (κ3) is 3.43. The average molecular weight is 351 g/mol. The predicted octanol–water partition coefficient (Wildman–Crippen LogP) is 2.63. The molecule has 0 saturated carbocycles. The zero-order valence-electron chi connectivity index (χ0n) is 11.8. The minimum atomic E-state index is -0.642. The number of pyridine rings is 1. The summed E-state index contributed by atoms with van der Waals surface area (Å²) < 4.78 is 6.35. The Bertz CT molecular complexity index is 627. The van der Waals surface area contributed by atoms with Crippen molar-refractivity contribution in [1.29, 1.82) is 0 Å². The van der Waals surface area contributed by atoms with Gasteiger partial charge in [0.15, 0.2) is 0 Å². The van der Waals surface area contributed by atoms with Gasteiger partial charge in [-0.05, 0) is 17.7 Å². The number of aliphatic hydroxyl groups is 1. The molecule has 1 aromatic heterocycles. The SMILES string of the molecule is OC1(CNCc2ccc(Br)c3cccnc23)CCOCC1. The standard InChI is InChI=1S/C16H19BrN2O2/c17-14-4-3-12(15-13(14)2-1-7-19-15)10-18-11-16(20)5-8-21-9-6-16/h1-4,7,18,20H,5-6,8-11H2. The van der Waals surface area contributed by atoms with Gasteiger partial charge in [0.1, 0.15) is 0 Å². The fraction of sp³-hybridized carbons (Fsp3) is 0.438. The number of benzene rings is 1. The molecule has 0 spiro atoms. The van der Waals surface area contributed by atoms with Gasteiger partial charge in [-0.3, -0.25) is 4.98 Å². The number of hydrogen-bond donors (Lipinski definition) is 2. The molecule has 2 N–H and O–H groups in total. The molecule has 0 amide bonds. The third-order valence-electron chi connectivity index (χ3n) is 3.99. The lowest BCUT2D eigenvalue weighted by molar-refractivity contribution is -0.0616. The summed E-state index contributed by atoms with van der Waals surface area (Å²) in [6.07, 6.45) is 3.20. The quantitative estimate of drug-likeness (QED) is 0.889. The number of ether oxygens (including phenoxy) is 1. The van der Waals surface area contributed by atoms with E-state index in [1.165, 1.54) is 0 Å². The second kappa shape index (κ2) is 6.40. The molecule has 112 valence electrons. The molecule has 0 aliphatic carbocycles. The molecule has 1 aliphatic heterocycles. The van der Waals surface area contributed by atoms with Crippen molar-refractivity contribution in [2.24, 2.45) is 0 Å². The molecule has 0 bridgehead atoms. The van der Waals surface area contributed by atoms with Crippen LogP contribution in [0.4, 0.5) is 0 Å². The van der Waals surface area contributed by atoms with Crippen LogP contribution >= 0.6 is 15.9 Å². The summed E-state index contributed by atoms with van der Waals surface area (Å²) in [6.45, 7) is 2.56. The first-order valence-electron chi connectivity index (χ1n) is 7.21. The lowest BCUT2D eigenvalue weighted by Crippen LogP contribution is -2.44. The van der Waals surface area contributed by atoms with Crippen LogP contribution in [0.1, 0.15) is 18.4 Å². The maximum atomic E-state index is 10.4. The molecule has 0 atom stereocenters. The monoisotopic (exact) mass is 350 g/mol. The Balaban J connectivity index is 1.69. The summed E-state index contributed by atoms with van der Waals surface area (Å²) in [6, 6.07) is 8.11. The molecule has 4 nitrogen and oxygen atoms in total. The number of fused-ring (bicyclic) bond motifs is 1. The summed E-state index contributed by atoms with van der Waals surface area (Å²) in [4.78, 5) is 4.47. The van der Waals surface area contributed by atoms with Gasteiger partial charge in [0.2, 0.25) is 0 Å². The van der Waals surface area contributed by atoms with Crippen molar-refractivity contribution in [3.8, 4) is 0 Å². The predicted molar refractivity (Wildman–Crippen MR) is 86.2 cm³/mol. The number of halogens is 1. The van der Waals surface area contributed by atoms with Crippen LogP contribution in [0.3, 0.4) is 0 Å². The van der Waals surface area contributed by atoms with Crippen LogP contribution in [0, 0.1) is 0 Å². The van der Waals surface area contributed by atoms with Crippen LogP contribution < -0.4 is 5.32 Å². The first-order valence-corrected chi connectivity index (χ1v) is 8.00. The Morgan fingerprint density at radius 1 is 1.29 bits per heavy atom. The fourth-order valence-electron chi connectivity index (χ4n) is 2.70. The highest BCUT2D eigenvalue weighted by molar-refractivity contribution is 9.10. The third-order valence-corrected chi connectivity index (χ3v) is 4.68. The van der Waals surface area contributed by atoms with Crippen LogP contribution in [-0.4, -0.2) is 35.5 Å². The van der Waals surface area contributed by atoms with Gasteiger partial charge in [-0.25, -0.2) is 0 Å². The molecule has 2 heterocycles. The van der Waals surface area contributed by atoms with Crippen molar-refractivity contribution in [1.82, 2.24) is 10.3 Å². The maximum absolute atomic E-state index is 10.4. The van der Waals surface area contributed by atoms with Gasteiger partial charge in [-0.2, -0.15) is 0 Å². The Morgan fingerprint density at radius 3 is 2.90 bits per heavy atom. The van der Waals surface area contributed by atoms with Gasteiger partial charge >= 0.3 is 0 Å². The molecule has 3 rings (SSSR count). The highest BCUT2D eigenvalue weighted by Crippen LogP contribution is 2.25. The van der Waals surface area contributed by atoms with E-state index in [0.717, 1.165) is 20.9 Å². The van der Waals surface area contributed by atoms with Crippen LogP contribution in [-0.2, 0) is 11.3 Å². The van der Waals surface area contributed by atoms with Gasteiger partial charge in [0, 0.05) is 55.2 Å². The minimum absolute atomic E-state index is 0.584. The molecule has 21 heavy (non-hydrogen) atoms. The number of aromatic nitrogens is 1. The number of rotatable bonds is 4. The van der Waals surface area contributed by atoms with Crippen molar-refractivity contribution >= 4 is 26.8 Å². The second-order valence-corrected chi connectivity index (χ2v) is 6.40. The summed E-state index contributed by atoms with van der Waals surface area (Å²) in [5.41, 5.74) is 1.50. The van der Waals surface area contributed by atoms with E-state index < -0.39 is 5.60 Å². The summed E-state index contributed by atoms with van der Waals surface area (Å²) in [7, 11) is 0. The molecule has 0 radical (unpaired) electrons. The molecule has 2 aromatic rings. The van der Waals surface area contributed by atoms with Gasteiger partial charge in [0.25, 0.3) is 0 Å². The van der Waals surface area contributed by atoms with Crippen LogP contribution in [0.25, 0.3) is 10.9 Å². The Kier molecular flexibility index (Phi) is 4.54. The lowest BCUT2D eigenvalue weighted by Gasteiger charge is -2.32.